The van der Waals surface area contributed by atoms with Gasteiger partial charge >= 0.3 is 5.97 Å². The average molecular weight is 392 g/mol. The number of carboxylic acid groups (broad SMARTS) is 1. The predicted molar refractivity (Wildman–Crippen MR) is 97.4 cm³/mol. The van der Waals surface area contributed by atoms with E-state index in [1.165, 1.54) is 20.8 Å². The Morgan fingerprint density at radius 3 is 1.85 bits per heavy atom. The summed E-state index contributed by atoms with van der Waals surface area (Å²) in [5, 5.41) is 25.2. The van der Waals surface area contributed by atoms with Gasteiger partial charge in [-0.1, -0.05) is 0 Å². The maximum atomic E-state index is 12.1. The van der Waals surface area contributed by atoms with Gasteiger partial charge in [0.25, 0.3) is 0 Å². The second-order valence-corrected chi connectivity index (χ2v) is 6.90. The Labute approximate surface area is 156 Å². The van der Waals surface area contributed by atoms with Crippen LogP contribution >= 0.6 is 11.8 Å². The van der Waals surface area contributed by atoms with Gasteiger partial charge in [0.15, 0.2) is 6.04 Å². The van der Waals surface area contributed by atoms with Crippen LogP contribution in [0.2, 0.25) is 0 Å². The Kier molecular flexibility index (Phi) is 10.9. The second-order valence-electron chi connectivity index (χ2n) is 5.91. The number of hydrogen-bond donors (Lipinski definition) is 6. The van der Waals surface area contributed by atoms with Crippen molar-refractivity contribution in [1.82, 2.24) is 16.0 Å². The van der Waals surface area contributed by atoms with E-state index >= 15 is 0 Å². The average Bonchev–Trinajstić information content (AvgIpc) is 2.55. The van der Waals surface area contributed by atoms with Crippen molar-refractivity contribution in [1.29, 1.82) is 0 Å². The molecule has 7 N–H and O–H groups in total. The van der Waals surface area contributed by atoms with E-state index in [0.717, 1.165) is 0 Å². The van der Waals surface area contributed by atoms with Gasteiger partial charge in [-0.25, -0.2) is 4.79 Å². The molecular weight excluding hydrogens is 364 g/mol. The smallest absolute Gasteiger partial charge is 0.328 e. The van der Waals surface area contributed by atoms with Crippen LogP contribution in [0.5, 0.6) is 0 Å². The van der Waals surface area contributed by atoms with Crippen LogP contribution in [0.15, 0.2) is 0 Å². The zero-order chi connectivity index (χ0) is 20.4. The van der Waals surface area contributed by atoms with E-state index in [9.17, 15) is 24.3 Å². The summed E-state index contributed by atoms with van der Waals surface area (Å²) in [6.07, 6.45) is 1.05. The third-order valence-electron chi connectivity index (χ3n) is 3.52. The van der Waals surface area contributed by atoms with Crippen molar-refractivity contribution in [2.24, 2.45) is 5.73 Å². The molecule has 0 aliphatic carbocycles. The van der Waals surface area contributed by atoms with E-state index in [-0.39, 0.29) is 0 Å². The zero-order valence-electron chi connectivity index (χ0n) is 15.3. The molecule has 0 aliphatic heterocycles. The van der Waals surface area contributed by atoms with Gasteiger partial charge in [-0.05, 0) is 39.2 Å². The monoisotopic (exact) mass is 392 g/mol. The molecule has 0 radical (unpaired) electrons. The van der Waals surface area contributed by atoms with Crippen LogP contribution in [0.1, 0.15) is 27.2 Å². The molecule has 0 rings (SSSR count). The third kappa shape index (κ3) is 8.50. The van der Waals surface area contributed by atoms with E-state index in [1.807, 2.05) is 6.26 Å². The fourth-order valence-corrected chi connectivity index (χ4v) is 2.32. The summed E-state index contributed by atoms with van der Waals surface area (Å²) in [5.74, 6) is -2.56. The van der Waals surface area contributed by atoms with Crippen LogP contribution in [0, 0.1) is 0 Å². The highest BCUT2D eigenvalue weighted by molar-refractivity contribution is 7.98. The minimum atomic E-state index is -1.49. The molecule has 0 spiro atoms. The third-order valence-corrected chi connectivity index (χ3v) is 4.16. The molecule has 0 heterocycles. The summed E-state index contributed by atoms with van der Waals surface area (Å²) < 4.78 is 0. The molecule has 0 saturated heterocycles. The molecule has 26 heavy (non-hydrogen) atoms. The first-order valence-corrected chi connectivity index (χ1v) is 9.47. The molecule has 5 atom stereocenters. The van der Waals surface area contributed by atoms with Crippen molar-refractivity contribution in [2.45, 2.75) is 57.5 Å². The number of nitrogens with one attached hydrogen (secondary N) is 3. The summed E-state index contributed by atoms with van der Waals surface area (Å²) in [6.45, 7) is 4.02. The SMILES string of the molecule is CSCCC(N)C(=O)NC(C)C(=O)NC(C)C(=O)NC(C(=O)O)C(C)O. The maximum absolute atomic E-state index is 12.1. The molecule has 0 fully saturated rings. The Morgan fingerprint density at radius 1 is 0.962 bits per heavy atom. The Balaban J connectivity index is 4.57. The van der Waals surface area contributed by atoms with Crippen molar-refractivity contribution >= 4 is 35.5 Å². The Hall–Kier alpha value is -1.85. The van der Waals surface area contributed by atoms with Crippen LogP contribution in [-0.4, -0.2) is 76.2 Å². The number of thioether (sulfide) groups is 1. The van der Waals surface area contributed by atoms with Crippen molar-refractivity contribution in [2.75, 3.05) is 12.0 Å². The molecular formula is C15H28N4O6S. The van der Waals surface area contributed by atoms with Crippen LogP contribution in [0.4, 0.5) is 0 Å². The fourth-order valence-electron chi connectivity index (χ4n) is 1.83. The lowest BCUT2D eigenvalue weighted by atomic mass is 10.1. The van der Waals surface area contributed by atoms with Gasteiger partial charge in [0.05, 0.1) is 12.1 Å². The normalized spacial score (nSPS) is 16.5. The minimum Gasteiger partial charge on any atom is -0.480 e. The summed E-state index contributed by atoms with van der Waals surface area (Å²) >= 11 is 1.55. The van der Waals surface area contributed by atoms with Gasteiger partial charge in [-0.2, -0.15) is 11.8 Å². The molecule has 0 saturated carbocycles. The lowest BCUT2D eigenvalue weighted by Crippen LogP contribution is -2.56. The molecule has 150 valence electrons. The van der Waals surface area contributed by atoms with Crippen LogP contribution in [0.25, 0.3) is 0 Å². The van der Waals surface area contributed by atoms with Gasteiger partial charge in [0, 0.05) is 0 Å². The first-order chi connectivity index (χ1) is 12.0. The van der Waals surface area contributed by atoms with Gasteiger partial charge in [0.1, 0.15) is 12.1 Å². The fraction of sp³-hybridized carbons (Fsp3) is 0.733. The predicted octanol–water partition coefficient (Wildman–Crippen LogP) is -1.97. The minimum absolute atomic E-state index is 0.468. The molecule has 0 aromatic heterocycles. The van der Waals surface area contributed by atoms with Gasteiger partial charge < -0.3 is 31.9 Å². The number of rotatable bonds is 11. The van der Waals surface area contributed by atoms with E-state index in [0.29, 0.717) is 12.2 Å². The quantitative estimate of drug-likeness (QED) is 0.235. The van der Waals surface area contributed by atoms with Gasteiger partial charge in [-0.15, -0.1) is 0 Å². The number of carbonyl (C=O) groups is 4. The first-order valence-electron chi connectivity index (χ1n) is 8.07. The molecule has 11 heteroatoms. The first kappa shape index (κ1) is 24.1. The van der Waals surface area contributed by atoms with Gasteiger partial charge in [-0.3, -0.25) is 14.4 Å². The summed E-state index contributed by atoms with van der Waals surface area (Å²) in [5.41, 5.74) is 5.71. The number of aliphatic hydroxyl groups is 1. The van der Waals surface area contributed by atoms with Crippen LogP contribution < -0.4 is 21.7 Å². The number of aliphatic hydroxyl groups excluding tert-OH is 1. The highest BCUT2D eigenvalue weighted by Gasteiger charge is 2.28. The highest BCUT2D eigenvalue weighted by atomic mass is 32.2. The van der Waals surface area contributed by atoms with E-state index < -0.39 is 54.0 Å². The Morgan fingerprint density at radius 2 is 1.42 bits per heavy atom. The zero-order valence-corrected chi connectivity index (χ0v) is 16.1. The van der Waals surface area contributed by atoms with Crippen LogP contribution in [0.3, 0.4) is 0 Å². The van der Waals surface area contributed by atoms with Crippen molar-refractivity contribution in [3.05, 3.63) is 0 Å². The van der Waals surface area contributed by atoms with Crippen LogP contribution in [-0.2, 0) is 19.2 Å². The molecule has 0 aliphatic rings. The maximum Gasteiger partial charge on any atom is 0.328 e. The summed E-state index contributed by atoms with van der Waals surface area (Å²) in [4.78, 5) is 46.9. The summed E-state index contributed by atoms with van der Waals surface area (Å²) in [7, 11) is 0. The number of aliphatic carboxylic acids is 1. The topological polar surface area (TPSA) is 171 Å². The molecule has 10 nitrogen and oxygen atoms in total. The number of amides is 3. The molecule has 0 aromatic carbocycles. The summed E-state index contributed by atoms with van der Waals surface area (Å²) in [6, 6.07) is -4.22. The lowest BCUT2D eigenvalue weighted by molar-refractivity contribution is -0.145. The molecule has 0 aromatic rings. The number of carboxylic acids is 1. The molecule has 3 amide bonds. The molecule has 0 bridgehead atoms. The number of nitrogens with two attached hydrogens (primary N) is 1. The van der Waals surface area contributed by atoms with Crippen molar-refractivity contribution in [3.8, 4) is 0 Å². The van der Waals surface area contributed by atoms with Crippen molar-refractivity contribution < 1.29 is 29.4 Å². The lowest BCUT2D eigenvalue weighted by Gasteiger charge is -2.22. The molecule has 5 unspecified atom stereocenters. The highest BCUT2D eigenvalue weighted by Crippen LogP contribution is 1.99. The van der Waals surface area contributed by atoms with E-state index in [2.05, 4.69) is 16.0 Å². The van der Waals surface area contributed by atoms with Crippen molar-refractivity contribution in [3.63, 3.8) is 0 Å². The number of carbonyl (C=O) groups excluding carboxylic acids is 3. The van der Waals surface area contributed by atoms with E-state index in [1.54, 1.807) is 11.8 Å². The standard InChI is InChI=1S/C15H28N4O6S/c1-7(18-14(23)10(16)5-6-26-4)12(21)17-8(2)13(22)19-11(9(3)20)15(24)25/h7-11,20H,5-6,16H2,1-4H3,(H,17,21)(H,18,23)(H,19,22)(H,24,25). The number of hydrogen-bond acceptors (Lipinski definition) is 7. The van der Waals surface area contributed by atoms with E-state index in [4.69, 9.17) is 10.8 Å². The Bertz CT molecular complexity index is 516. The van der Waals surface area contributed by atoms with Gasteiger partial charge in [0.2, 0.25) is 17.7 Å². The second kappa shape index (κ2) is 11.7. The largest absolute Gasteiger partial charge is 0.480 e.